The lowest BCUT2D eigenvalue weighted by Gasteiger charge is -2.22. The maximum absolute atomic E-state index is 14.9. The summed E-state index contributed by atoms with van der Waals surface area (Å²) >= 11 is 0. The van der Waals surface area contributed by atoms with Crippen molar-refractivity contribution in [2.45, 2.75) is 24.8 Å². The molecular weight excluding hydrogens is 409 g/mol. The molecule has 4 rings (SSSR count). The molecule has 1 amide bonds. The molecule has 0 spiro atoms. The van der Waals surface area contributed by atoms with Gasteiger partial charge < -0.3 is 21.5 Å². The van der Waals surface area contributed by atoms with Gasteiger partial charge in [0.2, 0.25) is 0 Å². The van der Waals surface area contributed by atoms with E-state index in [1.54, 1.807) is 12.3 Å². The Labute approximate surface area is 186 Å². The topological polar surface area (TPSA) is 116 Å². The van der Waals surface area contributed by atoms with Gasteiger partial charge in [0.25, 0.3) is 5.91 Å². The Morgan fingerprint density at radius 2 is 1.94 bits per heavy atom. The molecule has 8 heteroatoms. The predicted molar refractivity (Wildman–Crippen MR) is 120 cm³/mol. The second-order valence-corrected chi connectivity index (χ2v) is 7.78. The minimum Gasteiger partial charge on any atom is -0.382 e. The van der Waals surface area contributed by atoms with Crippen molar-refractivity contribution in [3.05, 3.63) is 77.4 Å². The molecule has 2 heterocycles. The molecule has 7 nitrogen and oxygen atoms in total. The van der Waals surface area contributed by atoms with Gasteiger partial charge in [-0.25, -0.2) is 14.4 Å². The summed E-state index contributed by atoms with van der Waals surface area (Å²) < 4.78 is 20.3. The fourth-order valence-electron chi connectivity index (χ4n) is 3.86. The lowest BCUT2D eigenvalue weighted by Crippen LogP contribution is -2.33. The Morgan fingerprint density at radius 1 is 1.19 bits per heavy atom. The molecule has 3 aromatic rings. The number of carbonyl (C=O) groups excluding carboxylic acids is 1. The number of rotatable bonds is 6. The lowest BCUT2D eigenvalue weighted by molar-refractivity contribution is 0.0844. The van der Waals surface area contributed by atoms with Crippen LogP contribution in [0.25, 0.3) is 11.3 Å². The van der Waals surface area contributed by atoms with Crippen LogP contribution >= 0.6 is 0 Å². The van der Waals surface area contributed by atoms with Crippen LogP contribution in [0.5, 0.6) is 0 Å². The summed E-state index contributed by atoms with van der Waals surface area (Å²) in [6, 6.07) is 13.2. The molecule has 166 valence electrons. The zero-order valence-corrected chi connectivity index (χ0v) is 17.6. The third-order valence-corrected chi connectivity index (χ3v) is 5.69. The van der Waals surface area contributed by atoms with Crippen molar-refractivity contribution in [1.29, 1.82) is 0 Å². The normalized spacial score (nSPS) is 15.3. The minimum absolute atomic E-state index is 0.0738. The lowest BCUT2D eigenvalue weighted by atomic mass is 9.96. The molecule has 1 aliphatic rings. The molecule has 0 bridgehead atoms. The summed E-state index contributed by atoms with van der Waals surface area (Å²) in [6.45, 7) is 1.55. The molecule has 0 saturated carbocycles. The Kier molecular flexibility index (Phi) is 6.72. The molecule has 0 aliphatic carbocycles. The van der Waals surface area contributed by atoms with Crippen molar-refractivity contribution in [2.75, 3.05) is 25.5 Å². The van der Waals surface area contributed by atoms with Crippen LogP contribution in [-0.4, -0.2) is 35.6 Å². The number of aromatic nitrogens is 2. The SMILES string of the molecule is NCC(NC(=O)c1ccc(-c2nc(C3CCOCC3)cnc2N)cc1F)c1ccccc1. The number of anilines is 1. The van der Waals surface area contributed by atoms with Gasteiger partial charge in [-0.1, -0.05) is 36.4 Å². The first-order valence-electron chi connectivity index (χ1n) is 10.6. The van der Waals surface area contributed by atoms with Gasteiger partial charge >= 0.3 is 0 Å². The number of carbonyl (C=O) groups is 1. The molecule has 1 saturated heterocycles. The molecule has 0 radical (unpaired) electrons. The molecule has 1 fully saturated rings. The van der Waals surface area contributed by atoms with E-state index >= 15 is 0 Å². The Morgan fingerprint density at radius 3 is 2.62 bits per heavy atom. The number of amides is 1. The van der Waals surface area contributed by atoms with Gasteiger partial charge in [-0.2, -0.15) is 0 Å². The van der Waals surface area contributed by atoms with E-state index in [4.69, 9.17) is 16.2 Å². The summed E-state index contributed by atoms with van der Waals surface area (Å²) in [5.74, 6) is -0.758. The van der Waals surface area contributed by atoms with E-state index in [0.29, 0.717) is 24.5 Å². The molecule has 32 heavy (non-hydrogen) atoms. The molecular formula is C24H26FN5O2. The quantitative estimate of drug-likeness (QED) is 0.548. The molecule has 5 N–H and O–H groups in total. The van der Waals surface area contributed by atoms with E-state index in [1.807, 2.05) is 30.3 Å². The smallest absolute Gasteiger partial charge is 0.254 e. The van der Waals surface area contributed by atoms with Gasteiger partial charge in [-0.3, -0.25) is 4.79 Å². The number of nitrogens with two attached hydrogens (primary N) is 2. The third kappa shape index (κ3) is 4.76. The summed E-state index contributed by atoms with van der Waals surface area (Å²) in [6.07, 6.45) is 3.38. The van der Waals surface area contributed by atoms with Gasteiger partial charge in [0.15, 0.2) is 0 Å². The molecule has 2 aromatic carbocycles. The zero-order valence-electron chi connectivity index (χ0n) is 17.6. The minimum atomic E-state index is -0.665. The monoisotopic (exact) mass is 435 g/mol. The Hall–Kier alpha value is -3.36. The highest BCUT2D eigenvalue weighted by Crippen LogP contribution is 2.30. The number of hydrogen-bond acceptors (Lipinski definition) is 6. The van der Waals surface area contributed by atoms with E-state index in [9.17, 15) is 9.18 Å². The fourth-order valence-corrected chi connectivity index (χ4v) is 3.86. The van der Waals surface area contributed by atoms with Crippen LogP contribution in [0.1, 0.15) is 46.4 Å². The summed E-state index contributed by atoms with van der Waals surface area (Å²) in [4.78, 5) is 21.6. The average Bonchev–Trinajstić information content (AvgIpc) is 2.83. The van der Waals surface area contributed by atoms with Crippen LogP contribution in [0.2, 0.25) is 0 Å². The summed E-state index contributed by atoms with van der Waals surface area (Å²) in [7, 11) is 0. The third-order valence-electron chi connectivity index (χ3n) is 5.69. The second-order valence-electron chi connectivity index (χ2n) is 7.78. The predicted octanol–water partition coefficient (Wildman–Crippen LogP) is 3.19. The number of nitrogens with zero attached hydrogens (tertiary/aromatic N) is 2. The maximum atomic E-state index is 14.9. The highest BCUT2D eigenvalue weighted by Gasteiger charge is 2.21. The highest BCUT2D eigenvalue weighted by atomic mass is 19.1. The van der Waals surface area contributed by atoms with E-state index in [1.165, 1.54) is 12.1 Å². The number of hydrogen-bond donors (Lipinski definition) is 3. The largest absolute Gasteiger partial charge is 0.382 e. The van der Waals surface area contributed by atoms with Gasteiger partial charge in [0.1, 0.15) is 17.3 Å². The van der Waals surface area contributed by atoms with Crippen LogP contribution in [0.15, 0.2) is 54.7 Å². The van der Waals surface area contributed by atoms with E-state index in [2.05, 4.69) is 15.3 Å². The van der Waals surface area contributed by atoms with Crippen molar-refractivity contribution in [2.24, 2.45) is 5.73 Å². The van der Waals surface area contributed by atoms with Crippen LogP contribution in [-0.2, 0) is 4.74 Å². The second kappa shape index (κ2) is 9.84. The van der Waals surface area contributed by atoms with Crippen LogP contribution in [0.3, 0.4) is 0 Å². The molecule has 1 unspecified atom stereocenters. The van der Waals surface area contributed by atoms with Crippen molar-refractivity contribution in [3.63, 3.8) is 0 Å². The first kappa shape index (κ1) is 21.9. The Balaban J connectivity index is 1.56. The molecule has 1 aliphatic heterocycles. The van der Waals surface area contributed by atoms with E-state index in [-0.39, 0.29) is 23.8 Å². The first-order chi connectivity index (χ1) is 15.6. The molecule has 1 atom stereocenters. The van der Waals surface area contributed by atoms with Crippen molar-refractivity contribution in [1.82, 2.24) is 15.3 Å². The zero-order chi connectivity index (χ0) is 22.5. The number of ether oxygens (including phenoxy) is 1. The molecule has 1 aromatic heterocycles. The fraction of sp³-hybridized carbons (Fsp3) is 0.292. The van der Waals surface area contributed by atoms with Gasteiger partial charge in [-0.15, -0.1) is 0 Å². The summed E-state index contributed by atoms with van der Waals surface area (Å²) in [5, 5.41) is 2.79. The van der Waals surface area contributed by atoms with Crippen molar-refractivity contribution in [3.8, 4) is 11.3 Å². The van der Waals surface area contributed by atoms with Crippen molar-refractivity contribution < 1.29 is 13.9 Å². The van der Waals surface area contributed by atoms with Crippen LogP contribution < -0.4 is 16.8 Å². The van der Waals surface area contributed by atoms with Gasteiger partial charge in [0, 0.05) is 31.2 Å². The average molecular weight is 436 g/mol. The van der Waals surface area contributed by atoms with E-state index < -0.39 is 17.8 Å². The number of nitrogens with one attached hydrogen (secondary N) is 1. The Bertz CT molecular complexity index is 1090. The standard InChI is InChI=1S/C24H26FN5O2/c25-19-12-17(22-23(27)28-14-21(29-22)16-8-10-32-11-9-16)6-7-18(19)24(31)30-20(13-26)15-4-2-1-3-5-15/h1-7,12,14,16,20H,8-11,13,26H2,(H2,27,28)(H,30,31). The maximum Gasteiger partial charge on any atom is 0.254 e. The number of halogens is 1. The van der Waals surface area contributed by atoms with Crippen LogP contribution in [0, 0.1) is 5.82 Å². The summed E-state index contributed by atoms with van der Waals surface area (Å²) in [5.41, 5.74) is 14.3. The van der Waals surface area contributed by atoms with Crippen molar-refractivity contribution >= 4 is 11.7 Å². The first-order valence-corrected chi connectivity index (χ1v) is 10.6. The van der Waals surface area contributed by atoms with E-state index in [0.717, 1.165) is 24.1 Å². The number of nitrogen functional groups attached to an aromatic ring is 1. The number of benzene rings is 2. The van der Waals surface area contributed by atoms with Crippen LogP contribution in [0.4, 0.5) is 10.2 Å². The van der Waals surface area contributed by atoms with Gasteiger partial charge in [-0.05, 0) is 30.5 Å². The highest BCUT2D eigenvalue weighted by molar-refractivity contribution is 5.95. The van der Waals surface area contributed by atoms with Gasteiger partial charge in [0.05, 0.1) is 23.5 Å².